The van der Waals surface area contributed by atoms with Gasteiger partial charge in [-0.2, -0.15) is 5.26 Å². The molecule has 1 saturated heterocycles. The molecule has 0 saturated carbocycles. The van der Waals surface area contributed by atoms with Crippen molar-refractivity contribution in [1.29, 1.82) is 5.26 Å². The fraction of sp³-hybridized carbons (Fsp3) is 0.500. The number of methoxy groups -OCH3 is 1. The van der Waals surface area contributed by atoms with Crippen molar-refractivity contribution in [3.8, 4) is 11.8 Å². The first-order valence-corrected chi connectivity index (χ1v) is 6.10. The van der Waals surface area contributed by atoms with Crippen LogP contribution in [0.5, 0.6) is 5.75 Å². The summed E-state index contributed by atoms with van der Waals surface area (Å²) in [5.41, 5.74) is 3.28. The summed E-state index contributed by atoms with van der Waals surface area (Å²) in [6.07, 6.45) is -0.599. The van der Waals surface area contributed by atoms with Gasteiger partial charge in [-0.15, -0.1) is 0 Å². The maximum absolute atomic E-state index is 9.84. The van der Waals surface area contributed by atoms with E-state index in [4.69, 9.17) is 4.74 Å². The van der Waals surface area contributed by atoms with Crippen LogP contribution in [0.2, 0.25) is 0 Å². The van der Waals surface area contributed by atoms with E-state index in [0.29, 0.717) is 17.2 Å². The molecule has 0 bridgehead atoms. The van der Waals surface area contributed by atoms with Crippen molar-refractivity contribution >= 4 is 0 Å². The van der Waals surface area contributed by atoms with Gasteiger partial charge in [0.25, 0.3) is 0 Å². The lowest BCUT2D eigenvalue weighted by atomic mass is 9.84. The van der Waals surface area contributed by atoms with Gasteiger partial charge in [-0.25, -0.2) is 0 Å². The third kappa shape index (κ3) is 1.96. The highest BCUT2D eigenvalue weighted by Crippen LogP contribution is 2.39. The zero-order chi connectivity index (χ0) is 13.3. The van der Waals surface area contributed by atoms with Crippen LogP contribution in [0.25, 0.3) is 0 Å². The first-order valence-electron chi connectivity index (χ1n) is 6.10. The molecular formula is C14H18N2O2. The second-order valence-electron chi connectivity index (χ2n) is 4.75. The quantitative estimate of drug-likeness (QED) is 0.850. The second kappa shape index (κ2) is 4.97. The average molecular weight is 246 g/mol. The number of nitrogens with zero attached hydrogens (tertiary/aromatic N) is 1. The van der Waals surface area contributed by atoms with Crippen molar-refractivity contribution < 1.29 is 9.84 Å². The van der Waals surface area contributed by atoms with Crippen molar-refractivity contribution in [3.05, 3.63) is 28.3 Å². The van der Waals surface area contributed by atoms with Crippen LogP contribution in [0.3, 0.4) is 0 Å². The number of rotatable bonds is 3. The molecule has 0 radical (unpaired) electrons. The topological polar surface area (TPSA) is 65.3 Å². The summed E-state index contributed by atoms with van der Waals surface area (Å²) in [6, 6.07) is 4.11. The summed E-state index contributed by atoms with van der Waals surface area (Å²) in [7, 11) is 1.59. The lowest BCUT2D eigenvalue weighted by Gasteiger charge is -2.31. The predicted octanol–water partition coefficient (Wildman–Crippen LogP) is 1.62. The zero-order valence-corrected chi connectivity index (χ0v) is 10.9. The van der Waals surface area contributed by atoms with Crippen molar-refractivity contribution in [1.82, 2.24) is 5.32 Å². The summed E-state index contributed by atoms with van der Waals surface area (Å²) >= 11 is 0. The summed E-state index contributed by atoms with van der Waals surface area (Å²) in [5.74, 6) is 0.964. The first-order chi connectivity index (χ1) is 8.60. The molecule has 2 N–H and O–H groups in total. The third-order valence-electron chi connectivity index (χ3n) is 3.50. The van der Waals surface area contributed by atoms with Crippen LogP contribution in [-0.2, 0) is 0 Å². The molecule has 0 amide bonds. The van der Waals surface area contributed by atoms with Crippen LogP contribution in [0.4, 0.5) is 0 Å². The van der Waals surface area contributed by atoms with Gasteiger partial charge in [0.2, 0.25) is 0 Å². The van der Waals surface area contributed by atoms with Crippen molar-refractivity contribution in [2.45, 2.75) is 25.9 Å². The number of aliphatic hydroxyl groups is 1. The molecule has 1 aromatic carbocycles. The van der Waals surface area contributed by atoms with Gasteiger partial charge >= 0.3 is 0 Å². The number of ether oxygens (including phenoxy) is 1. The Morgan fingerprint density at radius 2 is 2.22 bits per heavy atom. The van der Waals surface area contributed by atoms with Gasteiger partial charge < -0.3 is 15.2 Å². The van der Waals surface area contributed by atoms with E-state index in [-0.39, 0.29) is 0 Å². The fourth-order valence-electron chi connectivity index (χ4n) is 2.42. The Hall–Kier alpha value is -1.57. The minimum absolute atomic E-state index is 0.298. The molecule has 1 fully saturated rings. The zero-order valence-electron chi connectivity index (χ0n) is 10.9. The molecule has 0 aromatic heterocycles. The molecule has 0 aliphatic carbocycles. The molecule has 1 heterocycles. The van der Waals surface area contributed by atoms with Crippen LogP contribution in [-0.4, -0.2) is 25.3 Å². The van der Waals surface area contributed by atoms with Gasteiger partial charge in [0.15, 0.2) is 0 Å². The van der Waals surface area contributed by atoms with Crippen LogP contribution < -0.4 is 10.1 Å². The number of hydrogen-bond donors (Lipinski definition) is 2. The largest absolute Gasteiger partial charge is 0.496 e. The van der Waals surface area contributed by atoms with E-state index < -0.39 is 6.10 Å². The van der Waals surface area contributed by atoms with E-state index in [2.05, 4.69) is 11.4 Å². The van der Waals surface area contributed by atoms with Gasteiger partial charge in [-0.3, -0.25) is 0 Å². The van der Waals surface area contributed by atoms with Crippen molar-refractivity contribution in [3.63, 3.8) is 0 Å². The van der Waals surface area contributed by atoms with Gasteiger partial charge in [0.05, 0.1) is 24.8 Å². The molecule has 4 heteroatoms. The van der Waals surface area contributed by atoms with Crippen LogP contribution >= 0.6 is 0 Å². The molecule has 18 heavy (non-hydrogen) atoms. The minimum atomic E-state index is -0.599. The Labute approximate surface area is 107 Å². The van der Waals surface area contributed by atoms with Crippen LogP contribution in [0.15, 0.2) is 6.07 Å². The van der Waals surface area contributed by atoms with Gasteiger partial charge in [-0.1, -0.05) is 0 Å². The molecule has 1 aliphatic rings. The highest BCUT2D eigenvalue weighted by molar-refractivity contribution is 5.58. The number of nitriles is 1. The molecule has 96 valence electrons. The van der Waals surface area contributed by atoms with Crippen LogP contribution in [0, 0.1) is 18.3 Å². The Balaban J connectivity index is 2.68. The molecule has 1 aliphatic heterocycles. The first kappa shape index (κ1) is 12.9. The molecule has 1 atom stereocenters. The standard InChI is InChI=1S/C14H18N2O2/c1-8-4-11(9(2)17)14(18-3)13(12(8)5-15)10-6-16-7-10/h4,9-10,16-17H,6-7H2,1-3H3. The Morgan fingerprint density at radius 3 is 2.61 bits per heavy atom. The van der Waals surface area contributed by atoms with E-state index >= 15 is 0 Å². The fourth-order valence-corrected chi connectivity index (χ4v) is 2.42. The molecule has 1 aromatic rings. The van der Waals surface area contributed by atoms with E-state index in [1.165, 1.54) is 0 Å². The van der Waals surface area contributed by atoms with Gasteiger partial charge in [0, 0.05) is 30.1 Å². The molecular weight excluding hydrogens is 228 g/mol. The number of aryl methyl sites for hydroxylation is 1. The summed E-state index contributed by atoms with van der Waals surface area (Å²) < 4.78 is 5.45. The van der Waals surface area contributed by atoms with E-state index in [1.807, 2.05) is 13.0 Å². The maximum Gasteiger partial charge on any atom is 0.129 e. The summed E-state index contributed by atoms with van der Waals surface area (Å²) in [4.78, 5) is 0. The van der Waals surface area contributed by atoms with E-state index in [1.54, 1.807) is 14.0 Å². The SMILES string of the molecule is COc1c(C(C)O)cc(C)c(C#N)c1C1CNC1. The van der Waals surface area contributed by atoms with Crippen molar-refractivity contribution in [2.24, 2.45) is 0 Å². The van der Waals surface area contributed by atoms with E-state index in [0.717, 1.165) is 29.8 Å². The lowest BCUT2D eigenvalue weighted by molar-refractivity contribution is 0.193. The maximum atomic E-state index is 9.84. The highest BCUT2D eigenvalue weighted by atomic mass is 16.5. The van der Waals surface area contributed by atoms with Crippen molar-refractivity contribution in [2.75, 3.05) is 20.2 Å². The average Bonchev–Trinajstić information content (AvgIpc) is 2.26. The Morgan fingerprint density at radius 1 is 1.56 bits per heavy atom. The van der Waals surface area contributed by atoms with E-state index in [9.17, 15) is 10.4 Å². The molecule has 0 spiro atoms. The van der Waals surface area contributed by atoms with Gasteiger partial charge in [0.1, 0.15) is 5.75 Å². The number of benzene rings is 1. The third-order valence-corrected chi connectivity index (χ3v) is 3.50. The molecule has 1 unspecified atom stereocenters. The normalized spacial score (nSPS) is 16.8. The lowest BCUT2D eigenvalue weighted by Crippen LogP contribution is -2.40. The number of hydrogen-bond acceptors (Lipinski definition) is 4. The summed E-state index contributed by atoms with van der Waals surface area (Å²) in [5, 5.41) is 22.4. The number of nitrogens with one attached hydrogen (secondary N) is 1. The second-order valence-corrected chi connectivity index (χ2v) is 4.75. The summed E-state index contributed by atoms with van der Waals surface area (Å²) in [6.45, 7) is 5.33. The molecule has 4 nitrogen and oxygen atoms in total. The molecule has 2 rings (SSSR count). The number of aliphatic hydroxyl groups excluding tert-OH is 1. The Kier molecular flexibility index (Phi) is 3.55. The predicted molar refractivity (Wildman–Crippen MR) is 68.7 cm³/mol. The highest BCUT2D eigenvalue weighted by Gasteiger charge is 2.29. The minimum Gasteiger partial charge on any atom is -0.496 e. The van der Waals surface area contributed by atoms with Crippen LogP contribution in [0.1, 0.15) is 41.2 Å². The van der Waals surface area contributed by atoms with Gasteiger partial charge in [-0.05, 0) is 25.5 Å². The monoisotopic (exact) mass is 246 g/mol. The smallest absolute Gasteiger partial charge is 0.129 e. The Bertz CT molecular complexity index is 499.